The molecule has 0 radical (unpaired) electrons. The summed E-state index contributed by atoms with van der Waals surface area (Å²) in [5.74, 6) is 0.488. The topological polar surface area (TPSA) is 26.3 Å². The number of ether oxygens (including phenoxy) is 1. The maximum Gasteiger partial charge on any atom is 0.164 e. The summed E-state index contributed by atoms with van der Waals surface area (Å²) < 4.78 is 4.99. The van der Waals surface area contributed by atoms with E-state index in [9.17, 15) is 4.79 Å². The summed E-state index contributed by atoms with van der Waals surface area (Å²) in [5.41, 5.74) is 0.462. The Labute approximate surface area is 99.1 Å². The second-order valence-corrected chi connectivity index (χ2v) is 3.87. The van der Waals surface area contributed by atoms with E-state index < -0.39 is 0 Å². The Morgan fingerprint density at radius 3 is 2.53 bits per heavy atom. The number of benzene rings is 1. The highest BCUT2D eigenvalue weighted by atomic mass is 35.5. The van der Waals surface area contributed by atoms with Crippen LogP contribution in [0.1, 0.15) is 30.1 Å². The van der Waals surface area contributed by atoms with E-state index >= 15 is 0 Å². The summed E-state index contributed by atoms with van der Waals surface area (Å²) >= 11 is 11.9. The fraction of sp³-hybridized carbons (Fsp3) is 0.364. The van der Waals surface area contributed by atoms with Crippen LogP contribution in [0.15, 0.2) is 12.1 Å². The zero-order valence-electron chi connectivity index (χ0n) is 8.64. The van der Waals surface area contributed by atoms with Gasteiger partial charge >= 0.3 is 0 Å². The number of hydrogen-bond acceptors (Lipinski definition) is 2. The van der Waals surface area contributed by atoms with Crippen LogP contribution in [0.4, 0.5) is 0 Å². The molecule has 1 rings (SSSR count). The number of carbonyl (C=O) groups excluding carboxylic acids is 1. The van der Waals surface area contributed by atoms with Gasteiger partial charge in [0, 0.05) is 12.0 Å². The minimum atomic E-state index is 0.00653. The van der Waals surface area contributed by atoms with E-state index in [1.807, 2.05) is 6.92 Å². The lowest BCUT2D eigenvalue weighted by molar-refractivity contribution is 0.0982. The predicted molar refractivity (Wildman–Crippen MR) is 62.3 cm³/mol. The van der Waals surface area contributed by atoms with Gasteiger partial charge in [-0.25, -0.2) is 0 Å². The quantitative estimate of drug-likeness (QED) is 0.752. The van der Waals surface area contributed by atoms with Crippen molar-refractivity contribution in [2.24, 2.45) is 0 Å². The zero-order chi connectivity index (χ0) is 11.4. The Morgan fingerprint density at radius 1 is 1.33 bits per heavy atom. The molecule has 4 heteroatoms. The molecule has 0 spiro atoms. The lowest BCUT2D eigenvalue weighted by Gasteiger charge is -2.08. The van der Waals surface area contributed by atoms with Gasteiger partial charge in [-0.05, 0) is 18.6 Å². The number of hydrogen-bond donors (Lipinski definition) is 0. The van der Waals surface area contributed by atoms with Crippen molar-refractivity contribution in [3.8, 4) is 5.75 Å². The van der Waals surface area contributed by atoms with Crippen molar-refractivity contribution in [3.63, 3.8) is 0 Å². The molecule has 0 saturated heterocycles. The van der Waals surface area contributed by atoms with Gasteiger partial charge in [0.2, 0.25) is 0 Å². The van der Waals surface area contributed by atoms with Crippen molar-refractivity contribution in [2.75, 3.05) is 7.11 Å². The van der Waals surface area contributed by atoms with Crippen LogP contribution in [0.3, 0.4) is 0 Å². The summed E-state index contributed by atoms with van der Waals surface area (Å²) in [5, 5.41) is 0.565. The van der Waals surface area contributed by atoms with Crippen molar-refractivity contribution in [1.82, 2.24) is 0 Å². The van der Waals surface area contributed by atoms with Gasteiger partial charge in [-0.1, -0.05) is 30.1 Å². The second-order valence-electron chi connectivity index (χ2n) is 3.12. The summed E-state index contributed by atoms with van der Waals surface area (Å²) in [7, 11) is 1.51. The molecule has 0 saturated carbocycles. The predicted octanol–water partition coefficient (Wildman–Crippen LogP) is 3.98. The van der Waals surface area contributed by atoms with E-state index in [2.05, 4.69) is 0 Å². The molecular formula is C11H12Cl2O2. The third kappa shape index (κ3) is 2.64. The Bertz CT molecular complexity index is 375. The summed E-state index contributed by atoms with van der Waals surface area (Å²) in [6, 6.07) is 3.29. The van der Waals surface area contributed by atoms with Gasteiger partial charge in [-0.3, -0.25) is 4.79 Å². The number of ketones is 1. The largest absolute Gasteiger partial charge is 0.495 e. The molecule has 0 fully saturated rings. The van der Waals surface area contributed by atoms with Crippen LogP contribution < -0.4 is 4.74 Å². The zero-order valence-corrected chi connectivity index (χ0v) is 10.2. The van der Waals surface area contributed by atoms with Crippen LogP contribution in [-0.2, 0) is 0 Å². The molecule has 0 unspecified atom stereocenters. The lowest BCUT2D eigenvalue weighted by Crippen LogP contribution is -2.00. The summed E-state index contributed by atoms with van der Waals surface area (Å²) in [4.78, 5) is 11.6. The van der Waals surface area contributed by atoms with E-state index in [0.717, 1.165) is 6.42 Å². The molecule has 1 aromatic carbocycles. The summed E-state index contributed by atoms with van der Waals surface area (Å²) in [6.07, 6.45) is 1.27. The molecule has 0 heterocycles. The molecule has 15 heavy (non-hydrogen) atoms. The molecule has 0 atom stereocenters. The van der Waals surface area contributed by atoms with Crippen molar-refractivity contribution in [3.05, 3.63) is 27.7 Å². The van der Waals surface area contributed by atoms with E-state index in [1.54, 1.807) is 12.1 Å². The van der Waals surface area contributed by atoms with Crippen molar-refractivity contribution in [1.29, 1.82) is 0 Å². The maximum atomic E-state index is 11.6. The number of carbonyl (C=O) groups is 1. The molecule has 1 aromatic rings. The van der Waals surface area contributed by atoms with Crippen LogP contribution in [-0.4, -0.2) is 12.9 Å². The smallest absolute Gasteiger partial charge is 0.164 e. The number of rotatable bonds is 4. The SMILES string of the molecule is CCCC(=O)c1ccc(OC)c(Cl)c1Cl. The highest BCUT2D eigenvalue weighted by molar-refractivity contribution is 6.44. The molecule has 0 aliphatic heterocycles. The highest BCUT2D eigenvalue weighted by Crippen LogP contribution is 2.34. The van der Waals surface area contributed by atoms with Gasteiger partial charge in [0.15, 0.2) is 5.78 Å². The maximum absolute atomic E-state index is 11.6. The van der Waals surface area contributed by atoms with Crippen molar-refractivity contribution < 1.29 is 9.53 Å². The molecular weight excluding hydrogens is 235 g/mol. The van der Waals surface area contributed by atoms with Gasteiger partial charge in [0.25, 0.3) is 0 Å². The third-order valence-corrected chi connectivity index (χ3v) is 2.91. The van der Waals surface area contributed by atoms with Crippen LogP contribution >= 0.6 is 23.2 Å². The molecule has 2 nitrogen and oxygen atoms in total. The monoisotopic (exact) mass is 246 g/mol. The number of halogens is 2. The normalized spacial score (nSPS) is 10.1. The van der Waals surface area contributed by atoms with Crippen LogP contribution in [0, 0.1) is 0 Å². The number of Topliss-reactive ketones (excluding diaryl/α,β-unsaturated/α-hetero) is 1. The first-order chi connectivity index (χ1) is 7.11. The molecule has 0 bridgehead atoms. The van der Waals surface area contributed by atoms with Crippen LogP contribution in [0.2, 0.25) is 10.0 Å². The minimum Gasteiger partial charge on any atom is -0.495 e. The van der Waals surface area contributed by atoms with Gasteiger partial charge in [-0.15, -0.1) is 0 Å². The number of methoxy groups -OCH3 is 1. The fourth-order valence-electron chi connectivity index (χ4n) is 1.27. The van der Waals surface area contributed by atoms with Crippen LogP contribution in [0.25, 0.3) is 0 Å². The Balaban J connectivity index is 3.11. The van der Waals surface area contributed by atoms with Crippen LogP contribution in [0.5, 0.6) is 5.75 Å². The van der Waals surface area contributed by atoms with Crippen molar-refractivity contribution >= 4 is 29.0 Å². The first kappa shape index (κ1) is 12.3. The average molecular weight is 247 g/mol. The van der Waals surface area contributed by atoms with Gasteiger partial charge in [0.05, 0.1) is 12.1 Å². The van der Waals surface area contributed by atoms with E-state index in [0.29, 0.717) is 22.8 Å². The summed E-state index contributed by atoms with van der Waals surface area (Å²) in [6.45, 7) is 1.94. The fourth-order valence-corrected chi connectivity index (χ4v) is 1.77. The van der Waals surface area contributed by atoms with E-state index in [1.165, 1.54) is 7.11 Å². The molecule has 0 aliphatic rings. The van der Waals surface area contributed by atoms with E-state index in [4.69, 9.17) is 27.9 Å². The second kappa shape index (κ2) is 5.38. The Morgan fingerprint density at radius 2 is 2.00 bits per heavy atom. The van der Waals surface area contributed by atoms with Crippen molar-refractivity contribution in [2.45, 2.75) is 19.8 Å². The molecule has 0 amide bonds. The molecule has 0 aliphatic carbocycles. The average Bonchev–Trinajstić information content (AvgIpc) is 2.22. The molecule has 0 N–H and O–H groups in total. The molecule has 82 valence electrons. The van der Waals surface area contributed by atoms with Gasteiger partial charge < -0.3 is 4.74 Å². The van der Waals surface area contributed by atoms with E-state index in [-0.39, 0.29) is 10.8 Å². The first-order valence-electron chi connectivity index (χ1n) is 4.67. The highest BCUT2D eigenvalue weighted by Gasteiger charge is 2.15. The lowest BCUT2D eigenvalue weighted by atomic mass is 10.1. The van der Waals surface area contributed by atoms with Gasteiger partial charge in [0.1, 0.15) is 10.8 Å². The molecule has 0 aromatic heterocycles. The first-order valence-corrected chi connectivity index (χ1v) is 5.42. The minimum absolute atomic E-state index is 0.00653. The standard InChI is InChI=1S/C11H12Cl2O2/c1-3-4-8(14)7-5-6-9(15-2)11(13)10(7)12/h5-6H,3-4H2,1-2H3. The third-order valence-electron chi connectivity index (χ3n) is 2.04. The Kier molecular flexibility index (Phi) is 4.43. The Hall–Kier alpha value is -0.730. The van der Waals surface area contributed by atoms with Gasteiger partial charge in [-0.2, -0.15) is 0 Å².